The van der Waals surface area contributed by atoms with Gasteiger partial charge in [0.1, 0.15) is 5.82 Å². The van der Waals surface area contributed by atoms with Crippen LogP contribution in [0.2, 0.25) is 0 Å². The van der Waals surface area contributed by atoms with Crippen LogP contribution >= 0.6 is 11.8 Å². The number of nitrogens with zero attached hydrogens (tertiary/aromatic N) is 1. The largest absolute Gasteiger partial charge is 0.329 e. The molecular formula is C16H27FN2S. The molecule has 0 fully saturated rings. The second kappa shape index (κ2) is 8.01. The third kappa shape index (κ3) is 4.76. The van der Waals surface area contributed by atoms with Gasteiger partial charge < -0.3 is 5.73 Å². The molecule has 1 rings (SSSR count). The highest BCUT2D eigenvalue weighted by molar-refractivity contribution is 7.98. The molecule has 114 valence electrons. The second-order valence-corrected chi connectivity index (χ2v) is 6.73. The second-order valence-electron chi connectivity index (χ2n) is 5.75. The van der Waals surface area contributed by atoms with Gasteiger partial charge in [0.2, 0.25) is 0 Å². The molecule has 0 aliphatic rings. The summed E-state index contributed by atoms with van der Waals surface area (Å²) in [6.45, 7) is 5.02. The molecule has 0 aromatic heterocycles. The van der Waals surface area contributed by atoms with Crippen LogP contribution < -0.4 is 5.73 Å². The van der Waals surface area contributed by atoms with Crippen molar-refractivity contribution in [2.24, 2.45) is 5.73 Å². The van der Waals surface area contributed by atoms with Crippen molar-refractivity contribution < 1.29 is 4.39 Å². The quantitative estimate of drug-likeness (QED) is 0.799. The highest BCUT2D eigenvalue weighted by Crippen LogP contribution is 2.23. The van der Waals surface area contributed by atoms with E-state index >= 15 is 0 Å². The minimum atomic E-state index is -0.190. The van der Waals surface area contributed by atoms with E-state index in [1.165, 1.54) is 12.1 Å². The van der Waals surface area contributed by atoms with Crippen LogP contribution in [0.15, 0.2) is 24.3 Å². The summed E-state index contributed by atoms with van der Waals surface area (Å²) in [7, 11) is 2.14. The lowest BCUT2D eigenvalue weighted by Crippen LogP contribution is -2.54. The number of likely N-dealkylation sites (N-methyl/N-ethyl adjacent to an activating group) is 1. The first-order valence-corrected chi connectivity index (χ1v) is 8.48. The molecule has 0 aliphatic carbocycles. The zero-order valence-corrected chi connectivity index (χ0v) is 13.8. The van der Waals surface area contributed by atoms with Crippen molar-refractivity contribution in [3.63, 3.8) is 0 Å². The molecule has 20 heavy (non-hydrogen) atoms. The zero-order chi connectivity index (χ0) is 15.2. The van der Waals surface area contributed by atoms with E-state index in [4.69, 9.17) is 5.73 Å². The van der Waals surface area contributed by atoms with Gasteiger partial charge in [0.25, 0.3) is 0 Å². The molecule has 0 bridgehead atoms. The Balaban J connectivity index is 2.76. The summed E-state index contributed by atoms with van der Waals surface area (Å²) in [5.41, 5.74) is 7.06. The monoisotopic (exact) mass is 298 g/mol. The van der Waals surface area contributed by atoms with E-state index in [1.54, 1.807) is 0 Å². The summed E-state index contributed by atoms with van der Waals surface area (Å²) < 4.78 is 13.0. The summed E-state index contributed by atoms with van der Waals surface area (Å²) in [6, 6.07) is 7.22. The number of hydrogen-bond acceptors (Lipinski definition) is 3. The summed E-state index contributed by atoms with van der Waals surface area (Å²) >= 11 is 1.87. The molecule has 2 N–H and O–H groups in total. The normalized spacial score (nSPS) is 16.1. The summed E-state index contributed by atoms with van der Waals surface area (Å²) in [6.07, 6.45) is 4.12. The van der Waals surface area contributed by atoms with Crippen LogP contribution in [0.4, 0.5) is 4.39 Å². The Hall–Kier alpha value is -0.580. The first-order chi connectivity index (χ1) is 9.42. The number of thioether (sulfide) groups is 1. The van der Waals surface area contributed by atoms with Crippen molar-refractivity contribution in [1.29, 1.82) is 0 Å². The Labute approximate surface area is 126 Å². The molecule has 2 unspecified atom stereocenters. The average molecular weight is 298 g/mol. The maximum absolute atomic E-state index is 13.0. The van der Waals surface area contributed by atoms with Gasteiger partial charge in [0.15, 0.2) is 0 Å². The molecule has 0 saturated heterocycles. The van der Waals surface area contributed by atoms with Crippen molar-refractivity contribution in [2.75, 3.05) is 25.6 Å². The van der Waals surface area contributed by atoms with Gasteiger partial charge >= 0.3 is 0 Å². The summed E-state index contributed by atoms with van der Waals surface area (Å²) in [5, 5.41) is 0. The Morgan fingerprint density at radius 3 is 2.45 bits per heavy atom. The third-order valence-electron chi connectivity index (χ3n) is 4.19. The van der Waals surface area contributed by atoms with Gasteiger partial charge in [-0.25, -0.2) is 4.39 Å². The molecule has 1 aromatic rings. The van der Waals surface area contributed by atoms with Crippen molar-refractivity contribution in [2.45, 2.75) is 38.3 Å². The van der Waals surface area contributed by atoms with Crippen LogP contribution in [0.1, 0.15) is 25.8 Å². The van der Waals surface area contributed by atoms with E-state index in [2.05, 4.69) is 32.1 Å². The maximum atomic E-state index is 13.0. The van der Waals surface area contributed by atoms with Crippen LogP contribution in [0, 0.1) is 5.82 Å². The number of benzene rings is 1. The number of rotatable bonds is 8. The molecule has 0 spiro atoms. The molecule has 4 heteroatoms. The molecule has 0 heterocycles. The smallest absolute Gasteiger partial charge is 0.123 e. The predicted molar refractivity (Wildman–Crippen MR) is 87.8 cm³/mol. The van der Waals surface area contributed by atoms with Crippen LogP contribution in [0.25, 0.3) is 0 Å². The van der Waals surface area contributed by atoms with E-state index in [-0.39, 0.29) is 11.4 Å². The van der Waals surface area contributed by atoms with Gasteiger partial charge in [-0.2, -0.15) is 11.8 Å². The Bertz CT molecular complexity index is 396. The molecule has 2 atom stereocenters. The lowest BCUT2D eigenvalue weighted by Gasteiger charge is -2.42. The standard InChI is InChI=1S/C16H27FN2S/c1-13(9-10-20-4)19(3)16(2,12-18)11-14-5-7-15(17)8-6-14/h5-8,13H,9-12,18H2,1-4H3. The molecule has 0 amide bonds. The van der Waals surface area contributed by atoms with Crippen molar-refractivity contribution >= 4 is 11.8 Å². The van der Waals surface area contributed by atoms with Gasteiger partial charge in [-0.3, -0.25) is 4.90 Å². The van der Waals surface area contributed by atoms with Gasteiger partial charge in [-0.05, 0) is 63.4 Å². The molecule has 0 radical (unpaired) electrons. The SMILES string of the molecule is CSCCC(C)N(C)C(C)(CN)Cc1ccc(F)cc1. The van der Waals surface area contributed by atoms with E-state index < -0.39 is 0 Å². The van der Waals surface area contributed by atoms with Crippen molar-refractivity contribution in [3.8, 4) is 0 Å². The van der Waals surface area contributed by atoms with Crippen LogP contribution in [0.5, 0.6) is 0 Å². The van der Waals surface area contributed by atoms with E-state index in [0.717, 1.165) is 24.2 Å². The number of nitrogens with two attached hydrogens (primary N) is 1. The van der Waals surface area contributed by atoms with E-state index in [9.17, 15) is 4.39 Å². The average Bonchev–Trinajstić information content (AvgIpc) is 2.46. The highest BCUT2D eigenvalue weighted by atomic mass is 32.2. The predicted octanol–water partition coefficient (Wildman–Crippen LogP) is 3.16. The molecule has 0 saturated carbocycles. The Morgan fingerprint density at radius 2 is 1.95 bits per heavy atom. The van der Waals surface area contributed by atoms with Gasteiger partial charge in [0, 0.05) is 18.1 Å². The van der Waals surface area contributed by atoms with Crippen LogP contribution in [-0.4, -0.2) is 42.1 Å². The topological polar surface area (TPSA) is 29.3 Å². The lowest BCUT2D eigenvalue weighted by molar-refractivity contribution is 0.0985. The molecular weight excluding hydrogens is 271 g/mol. The lowest BCUT2D eigenvalue weighted by atomic mass is 9.90. The van der Waals surface area contributed by atoms with Crippen LogP contribution in [0.3, 0.4) is 0 Å². The first kappa shape index (κ1) is 17.5. The Kier molecular flexibility index (Phi) is 7.00. The highest BCUT2D eigenvalue weighted by Gasteiger charge is 2.30. The zero-order valence-electron chi connectivity index (χ0n) is 13.0. The molecule has 0 aliphatic heterocycles. The van der Waals surface area contributed by atoms with Gasteiger partial charge in [0.05, 0.1) is 0 Å². The fourth-order valence-corrected chi connectivity index (χ4v) is 2.97. The fourth-order valence-electron chi connectivity index (χ4n) is 2.40. The van der Waals surface area contributed by atoms with Gasteiger partial charge in [-0.15, -0.1) is 0 Å². The van der Waals surface area contributed by atoms with E-state index in [1.807, 2.05) is 23.9 Å². The molecule has 2 nitrogen and oxygen atoms in total. The maximum Gasteiger partial charge on any atom is 0.123 e. The third-order valence-corrected chi connectivity index (χ3v) is 4.83. The molecule has 1 aromatic carbocycles. The summed E-state index contributed by atoms with van der Waals surface area (Å²) in [4.78, 5) is 2.37. The number of halogens is 1. The summed E-state index contributed by atoms with van der Waals surface area (Å²) in [5.74, 6) is 0.966. The van der Waals surface area contributed by atoms with Gasteiger partial charge in [-0.1, -0.05) is 12.1 Å². The van der Waals surface area contributed by atoms with Crippen LogP contribution in [-0.2, 0) is 6.42 Å². The van der Waals surface area contributed by atoms with Crippen molar-refractivity contribution in [3.05, 3.63) is 35.6 Å². The Morgan fingerprint density at radius 1 is 1.35 bits per heavy atom. The van der Waals surface area contributed by atoms with Crippen molar-refractivity contribution in [1.82, 2.24) is 4.90 Å². The minimum absolute atomic E-state index is 0.102. The first-order valence-electron chi connectivity index (χ1n) is 7.09. The minimum Gasteiger partial charge on any atom is -0.329 e. The number of hydrogen-bond donors (Lipinski definition) is 1. The fraction of sp³-hybridized carbons (Fsp3) is 0.625. The van der Waals surface area contributed by atoms with E-state index in [0.29, 0.717) is 12.6 Å².